The average molecular weight is 492 g/mol. The number of carbonyl (C=O) groups excluding carboxylic acids is 3. The van der Waals surface area contributed by atoms with Gasteiger partial charge in [-0.2, -0.15) is 0 Å². The summed E-state index contributed by atoms with van der Waals surface area (Å²) in [5.41, 5.74) is 0.131. The number of fused-ring (bicyclic) bond motifs is 1. The number of esters is 2. The zero-order chi connectivity index (χ0) is 22.9. The molecule has 0 radical (unpaired) electrons. The second-order valence-electron chi connectivity index (χ2n) is 8.23. The summed E-state index contributed by atoms with van der Waals surface area (Å²) in [6.07, 6.45) is 0.568. The Morgan fingerprint density at radius 2 is 2.03 bits per heavy atom. The van der Waals surface area contributed by atoms with Gasteiger partial charge in [-0.05, 0) is 25.7 Å². The third-order valence-corrected chi connectivity index (χ3v) is 10.3. The zero-order valence-corrected chi connectivity index (χ0v) is 20.5. The lowest BCUT2D eigenvalue weighted by atomic mass is 9.92. The topological polar surface area (TPSA) is 110 Å². The van der Waals surface area contributed by atoms with Crippen LogP contribution in [0.4, 0.5) is 0 Å². The van der Waals surface area contributed by atoms with Crippen molar-refractivity contribution in [1.82, 2.24) is 4.90 Å². The molecular weight excluding hydrogens is 462 g/mol. The molecule has 6 atom stereocenters. The van der Waals surface area contributed by atoms with Crippen LogP contribution in [-0.2, 0) is 34.7 Å². The summed E-state index contributed by atoms with van der Waals surface area (Å²) in [6.45, 7) is 6.78. The van der Waals surface area contributed by atoms with Crippen molar-refractivity contribution < 1.29 is 33.2 Å². The molecule has 1 amide bonds. The van der Waals surface area contributed by atoms with Crippen molar-refractivity contribution in [2.45, 2.75) is 57.3 Å². The van der Waals surface area contributed by atoms with Gasteiger partial charge in [0.25, 0.3) is 0 Å². The van der Waals surface area contributed by atoms with Crippen molar-refractivity contribution >= 4 is 52.2 Å². The van der Waals surface area contributed by atoms with Crippen LogP contribution in [0, 0.1) is 17.8 Å². The van der Waals surface area contributed by atoms with E-state index in [1.165, 1.54) is 28.4 Å². The number of carbonyl (C=O) groups is 3. The highest BCUT2D eigenvalue weighted by molar-refractivity contribution is 8.23. The molecule has 3 aliphatic heterocycles. The SMILES string of the molecule is CCC(C(=O)OCOC(=O)C1=C(S[C@H]2CC[S@@](=O)C2)S[C@@H]2[C@@H]([C@@H](C)O)C(=O)N12)C(C)C. The number of ether oxygens (including phenoxy) is 2. The van der Waals surface area contributed by atoms with Crippen LogP contribution in [0.5, 0.6) is 0 Å². The van der Waals surface area contributed by atoms with Crippen molar-refractivity contribution in [2.24, 2.45) is 17.8 Å². The molecule has 1 N–H and O–H groups in total. The Bertz CT molecular complexity index is 798. The summed E-state index contributed by atoms with van der Waals surface area (Å²) < 4.78 is 22.7. The molecule has 1 unspecified atom stereocenters. The first-order chi connectivity index (χ1) is 14.6. The standard InChI is InChI=1S/C20H29NO7S3/c1-5-13(10(2)3)18(24)27-9-28-19(25)15-20(29-12-6-7-31(26)8-12)30-17-14(11(4)22)16(23)21(15)17/h10-14,17,22H,5-9H2,1-4H3/t11-,12+,13?,14+,17-,31-/m1/s1. The van der Waals surface area contributed by atoms with E-state index in [4.69, 9.17) is 9.47 Å². The number of nitrogens with zero attached hydrogens (tertiary/aromatic N) is 1. The molecule has 11 heteroatoms. The fraction of sp³-hybridized carbons (Fsp3) is 0.750. The summed E-state index contributed by atoms with van der Waals surface area (Å²) >= 11 is 2.79. The van der Waals surface area contributed by atoms with Crippen LogP contribution in [0.15, 0.2) is 9.93 Å². The zero-order valence-electron chi connectivity index (χ0n) is 18.1. The Balaban J connectivity index is 1.68. The second-order valence-corrected chi connectivity index (χ2v) is 12.5. The number of aliphatic hydroxyl groups excluding tert-OH is 1. The normalized spacial score (nSPS) is 29.6. The maximum atomic E-state index is 12.8. The Labute approximate surface area is 193 Å². The molecule has 3 rings (SSSR count). The van der Waals surface area contributed by atoms with Gasteiger partial charge in [-0.25, -0.2) is 4.79 Å². The molecule has 0 aromatic rings. The lowest BCUT2D eigenvalue weighted by molar-refractivity contribution is -0.172. The number of β-lactam (4-membered cyclic amide) rings is 1. The highest BCUT2D eigenvalue weighted by Gasteiger charge is 2.58. The lowest BCUT2D eigenvalue weighted by Crippen LogP contribution is -2.60. The monoisotopic (exact) mass is 491 g/mol. The van der Waals surface area contributed by atoms with Crippen LogP contribution >= 0.6 is 23.5 Å². The molecule has 2 fully saturated rings. The highest BCUT2D eigenvalue weighted by atomic mass is 32.2. The van der Waals surface area contributed by atoms with Crippen LogP contribution in [0.2, 0.25) is 0 Å². The summed E-state index contributed by atoms with van der Waals surface area (Å²) in [5.74, 6) is -1.07. The minimum Gasteiger partial charge on any atom is -0.428 e. The molecule has 3 aliphatic rings. The maximum absolute atomic E-state index is 12.8. The number of hydrogen-bond acceptors (Lipinski definition) is 9. The van der Waals surface area contributed by atoms with Gasteiger partial charge in [0, 0.05) is 27.6 Å². The van der Waals surface area contributed by atoms with Gasteiger partial charge in [-0.1, -0.05) is 32.5 Å². The van der Waals surface area contributed by atoms with Crippen molar-refractivity contribution in [3.05, 3.63) is 9.93 Å². The molecule has 0 saturated carbocycles. The van der Waals surface area contributed by atoms with Gasteiger partial charge in [-0.15, -0.1) is 11.8 Å². The van der Waals surface area contributed by atoms with E-state index in [1.807, 2.05) is 20.8 Å². The van der Waals surface area contributed by atoms with Crippen LogP contribution < -0.4 is 0 Å². The van der Waals surface area contributed by atoms with Gasteiger partial charge >= 0.3 is 11.9 Å². The minimum atomic E-state index is -0.865. The van der Waals surface area contributed by atoms with Crippen molar-refractivity contribution in [3.63, 3.8) is 0 Å². The summed E-state index contributed by atoms with van der Waals surface area (Å²) in [6, 6.07) is 0. The van der Waals surface area contributed by atoms with Crippen LogP contribution in [-0.4, -0.2) is 67.1 Å². The van der Waals surface area contributed by atoms with Gasteiger partial charge in [0.05, 0.1) is 22.2 Å². The van der Waals surface area contributed by atoms with E-state index >= 15 is 0 Å². The van der Waals surface area contributed by atoms with Crippen LogP contribution in [0.25, 0.3) is 0 Å². The van der Waals surface area contributed by atoms with Crippen molar-refractivity contribution in [2.75, 3.05) is 18.3 Å². The van der Waals surface area contributed by atoms with E-state index in [-0.39, 0.29) is 34.1 Å². The van der Waals surface area contributed by atoms with E-state index in [2.05, 4.69) is 0 Å². The minimum absolute atomic E-state index is 0.0964. The molecule has 0 spiro atoms. The Hall–Kier alpha value is -1.04. The molecule has 0 aromatic carbocycles. The van der Waals surface area contributed by atoms with E-state index in [9.17, 15) is 23.7 Å². The number of aliphatic hydroxyl groups is 1. The van der Waals surface area contributed by atoms with Crippen LogP contribution in [0.1, 0.15) is 40.5 Å². The van der Waals surface area contributed by atoms with E-state index in [0.29, 0.717) is 22.2 Å². The molecule has 31 heavy (non-hydrogen) atoms. The largest absolute Gasteiger partial charge is 0.428 e. The van der Waals surface area contributed by atoms with Crippen molar-refractivity contribution in [1.29, 1.82) is 0 Å². The second kappa shape index (κ2) is 10.3. The molecular formula is C20H29NO7S3. The third kappa shape index (κ3) is 5.15. The first kappa shape index (κ1) is 24.6. The maximum Gasteiger partial charge on any atom is 0.359 e. The van der Waals surface area contributed by atoms with Gasteiger partial charge in [0.1, 0.15) is 5.37 Å². The van der Waals surface area contributed by atoms with Crippen molar-refractivity contribution in [3.8, 4) is 0 Å². The van der Waals surface area contributed by atoms with Crippen LogP contribution in [0.3, 0.4) is 0 Å². The third-order valence-electron chi connectivity index (χ3n) is 5.71. The van der Waals surface area contributed by atoms with E-state index < -0.39 is 41.6 Å². The molecule has 0 aromatic heterocycles. The first-order valence-corrected chi connectivity index (χ1v) is 13.7. The number of hydrogen-bond donors (Lipinski definition) is 1. The fourth-order valence-electron chi connectivity index (χ4n) is 3.93. The smallest absolute Gasteiger partial charge is 0.359 e. The van der Waals surface area contributed by atoms with Gasteiger partial charge in [0.15, 0.2) is 5.70 Å². The molecule has 174 valence electrons. The van der Waals surface area contributed by atoms with Gasteiger partial charge < -0.3 is 14.6 Å². The lowest BCUT2D eigenvalue weighted by Gasteiger charge is -2.43. The number of rotatable bonds is 9. The molecule has 0 aliphatic carbocycles. The average Bonchev–Trinajstić information content (AvgIpc) is 3.22. The van der Waals surface area contributed by atoms with Gasteiger partial charge in [-0.3, -0.25) is 18.7 Å². The molecule has 3 heterocycles. The summed E-state index contributed by atoms with van der Waals surface area (Å²) in [4.78, 5) is 39.0. The quantitative estimate of drug-likeness (QED) is 0.294. The first-order valence-electron chi connectivity index (χ1n) is 10.4. The number of thioether (sulfide) groups is 2. The van der Waals surface area contributed by atoms with E-state index in [0.717, 1.165) is 6.42 Å². The molecule has 2 saturated heterocycles. The molecule has 0 bridgehead atoms. The van der Waals surface area contributed by atoms with Gasteiger partial charge in [0.2, 0.25) is 12.7 Å². The Morgan fingerprint density at radius 1 is 1.32 bits per heavy atom. The summed E-state index contributed by atoms with van der Waals surface area (Å²) in [5, 5.41) is 9.68. The predicted molar refractivity (Wildman–Crippen MR) is 120 cm³/mol. The highest BCUT2D eigenvalue weighted by Crippen LogP contribution is 2.55. The predicted octanol–water partition coefficient (Wildman–Crippen LogP) is 2.05. The number of amides is 1. The Morgan fingerprint density at radius 3 is 2.58 bits per heavy atom. The summed E-state index contributed by atoms with van der Waals surface area (Å²) in [7, 11) is -0.865. The fourth-order valence-corrected chi connectivity index (χ4v) is 9.18. The van der Waals surface area contributed by atoms with E-state index in [1.54, 1.807) is 6.92 Å². The molecule has 8 nitrogen and oxygen atoms in total. The Kier molecular flexibility index (Phi) is 8.15.